The molecule has 0 atom stereocenters. The van der Waals surface area contributed by atoms with Gasteiger partial charge in [-0.1, -0.05) is 0 Å². The summed E-state index contributed by atoms with van der Waals surface area (Å²) in [6, 6.07) is 2.30. The van der Waals surface area contributed by atoms with E-state index in [2.05, 4.69) is 22.1 Å². The van der Waals surface area contributed by atoms with Gasteiger partial charge in [-0.05, 0) is 97.3 Å². The quantitative estimate of drug-likeness (QED) is 0.450. The lowest BCUT2D eigenvalue weighted by Crippen LogP contribution is -2.41. The summed E-state index contributed by atoms with van der Waals surface area (Å²) >= 11 is 1.72. The van der Waals surface area contributed by atoms with Crippen LogP contribution in [-0.4, -0.2) is 66.4 Å². The number of likely N-dealkylation sites (tertiary alicyclic amines) is 1. The Hall–Kier alpha value is -2.85. The maximum Gasteiger partial charge on any atom is 0.410 e. The third kappa shape index (κ3) is 7.33. The molecule has 0 aliphatic carbocycles. The fourth-order valence-corrected chi connectivity index (χ4v) is 7.55. The van der Waals surface area contributed by atoms with Gasteiger partial charge in [0.2, 0.25) is 0 Å². The number of aromatic amines is 1. The number of hydrogen-bond acceptors (Lipinski definition) is 7. The number of piperidine rings is 1. The average Bonchev–Trinajstić information content (AvgIpc) is 3.25. The van der Waals surface area contributed by atoms with Crippen LogP contribution in [-0.2, 0) is 16.0 Å². The molecule has 9 nitrogen and oxygen atoms in total. The molecule has 0 radical (unpaired) electrons. The van der Waals surface area contributed by atoms with E-state index in [9.17, 15) is 14.4 Å². The van der Waals surface area contributed by atoms with E-state index in [0.717, 1.165) is 72.1 Å². The van der Waals surface area contributed by atoms with Crippen molar-refractivity contribution in [2.45, 2.75) is 98.3 Å². The number of carbonyl (C=O) groups is 2. The van der Waals surface area contributed by atoms with Crippen molar-refractivity contribution in [3.05, 3.63) is 49.2 Å². The van der Waals surface area contributed by atoms with Gasteiger partial charge < -0.3 is 29.6 Å². The van der Waals surface area contributed by atoms with Crippen LogP contribution in [0, 0.1) is 20.8 Å². The first-order chi connectivity index (χ1) is 19.4. The maximum absolute atomic E-state index is 13.9. The molecule has 2 fully saturated rings. The highest BCUT2D eigenvalue weighted by atomic mass is 32.1. The zero-order valence-electron chi connectivity index (χ0n) is 25.6. The predicted octanol–water partition coefficient (Wildman–Crippen LogP) is 5.41. The van der Waals surface area contributed by atoms with Crippen molar-refractivity contribution in [2.24, 2.45) is 0 Å². The van der Waals surface area contributed by atoms with Gasteiger partial charge in [0.1, 0.15) is 5.60 Å². The van der Waals surface area contributed by atoms with Crippen LogP contribution in [0.25, 0.3) is 0 Å². The Labute approximate surface area is 247 Å². The Morgan fingerprint density at radius 1 is 1.15 bits per heavy atom. The van der Waals surface area contributed by atoms with Crippen LogP contribution in [0.1, 0.15) is 96.9 Å². The molecule has 0 saturated carbocycles. The van der Waals surface area contributed by atoms with Crippen molar-refractivity contribution in [1.29, 1.82) is 0 Å². The van der Waals surface area contributed by atoms with Gasteiger partial charge in [0.15, 0.2) is 0 Å². The second-order valence-corrected chi connectivity index (χ2v) is 13.3. The van der Waals surface area contributed by atoms with Crippen LogP contribution in [0.15, 0.2) is 10.9 Å². The molecule has 4 rings (SSSR count). The Balaban J connectivity index is 1.61. The number of nitrogens with zero attached hydrogens (tertiary/aromatic N) is 2. The summed E-state index contributed by atoms with van der Waals surface area (Å²) in [4.78, 5) is 47.3. The molecule has 2 N–H and O–H groups in total. The van der Waals surface area contributed by atoms with Crippen molar-refractivity contribution >= 4 is 28.3 Å². The monoisotopic (exact) mass is 586 g/mol. The number of aromatic nitrogens is 1. The van der Waals surface area contributed by atoms with E-state index < -0.39 is 5.60 Å². The second kappa shape index (κ2) is 13.0. The van der Waals surface area contributed by atoms with Gasteiger partial charge in [0.25, 0.3) is 11.5 Å². The van der Waals surface area contributed by atoms with E-state index in [0.29, 0.717) is 30.3 Å². The number of pyridine rings is 1. The highest BCUT2D eigenvalue weighted by molar-refractivity contribution is 7.16. The van der Waals surface area contributed by atoms with E-state index in [-0.39, 0.29) is 30.0 Å². The van der Waals surface area contributed by atoms with Crippen molar-refractivity contribution in [3.8, 4) is 0 Å². The molecule has 2 aromatic rings. The smallest absolute Gasteiger partial charge is 0.410 e. The molecule has 0 unspecified atom stereocenters. The van der Waals surface area contributed by atoms with Crippen LogP contribution < -0.4 is 15.8 Å². The molecular formula is C31H46N4O5S. The van der Waals surface area contributed by atoms with Crippen LogP contribution in [0.5, 0.6) is 0 Å². The van der Waals surface area contributed by atoms with E-state index >= 15 is 0 Å². The summed E-state index contributed by atoms with van der Waals surface area (Å²) in [7, 11) is 0. The lowest BCUT2D eigenvalue weighted by atomic mass is 9.91. The van der Waals surface area contributed by atoms with Crippen molar-refractivity contribution < 1.29 is 19.1 Å². The molecule has 2 amide bonds. The van der Waals surface area contributed by atoms with Gasteiger partial charge in [-0.2, -0.15) is 0 Å². The molecule has 0 aromatic carbocycles. The van der Waals surface area contributed by atoms with E-state index in [1.807, 2.05) is 47.6 Å². The van der Waals surface area contributed by atoms with Crippen LogP contribution >= 0.6 is 11.3 Å². The van der Waals surface area contributed by atoms with Gasteiger partial charge in [0, 0.05) is 61.6 Å². The number of anilines is 1. The normalized spacial score (nSPS) is 17.0. The van der Waals surface area contributed by atoms with Gasteiger partial charge in [-0.25, -0.2) is 4.79 Å². The average molecular weight is 587 g/mol. The first kappa shape index (κ1) is 31.1. The Morgan fingerprint density at radius 2 is 1.80 bits per heavy atom. The first-order valence-corrected chi connectivity index (χ1v) is 15.6. The number of nitrogens with one attached hydrogen (secondary N) is 2. The minimum Gasteiger partial charge on any atom is -0.444 e. The number of amides is 2. The standard InChI is InChI=1S/C31H46N4O5S/c1-8-35(23-11-15-39-16-12-23)29-21(4)25(28(37)32-18-24-19(2)17-20(3)33-27(24)36)26(41-29)22-9-13-34(14-10-22)30(38)40-31(5,6)7/h17,22-23H,8-16,18H2,1-7H3,(H,32,37)(H,33,36). The highest BCUT2D eigenvalue weighted by Crippen LogP contribution is 2.44. The fraction of sp³-hybridized carbons (Fsp3) is 0.645. The summed E-state index contributed by atoms with van der Waals surface area (Å²) < 4.78 is 11.2. The SMILES string of the molecule is CCN(c1sc(C2CCN(C(=O)OC(C)(C)C)CC2)c(C(=O)NCc2c(C)cc(C)[nH]c2=O)c1C)C1CCOCC1. The molecule has 2 aliphatic heterocycles. The molecule has 2 saturated heterocycles. The number of ether oxygens (including phenoxy) is 2. The van der Waals surface area contributed by atoms with Crippen molar-refractivity contribution in [3.63, 3.8) is 0 Å². The third-order valence-electron chi connectivity index (χ3n) is 8.05. The Bertz CT molecular complexity index is 1300. The Kier molecular flexibility index (Phi) is 9.85. The molecule has 4 heterocycles. The molecule has 0 spiro atoms. The molecule has 0 bridgehead atoms. The first-order valence-electron chi connectivity index (χ1n) is 14.8. The van der Waals surface area contributed by atoms with Crippen molar-refractivity contribution in [1.82, 2.24) is 15.2 Å². The molecule has 2 aliphatic rings. The lowest BCUT2D eigenvalue weighted by molar-refractivity contribution is 0.0205. The maximum atomic E-state index is 13.9. The molecule has 2 aromatic heterocycles. The molecule has 226 valence electrons. The number of hydrogen-bond donors (Lipinski definition) is 2. The summed E-state index contributed by atoms with van der Waals surface area (Å²) in [6.45, 7) is 17.3. The van der Waals surface area contributed by atoms with Gasteiger partial charge >= 0.3 is 6.09 Å². The number of carbonyl (C=O) groups excluding carboxylic acids is 2. The number of H-pyrrole nitrogens is 1. The third-order valence-corrected chi connectivity index (χ3v) is 9.54. The summed E-state index contributed by atoms with van der Waals surface area (Å²) in [5, 5.41) is 4.20. The van der Waals surface area contributed by atoms with E-state index in [1.165, 1.54) is 0 Å². The van der Waals surface area contributed by atoms with E-state index in [4.69, 9.17) is 9.47 Å². The van der Waals surface area contributed by atoms with Gasteiger partial charge in [0.05, 0.1) is 10.6 Å². The molecular weight excluding hydrogens is 540 g/mol. The minimum absolute atomic E-state index is 0.156. The van der Waals surface area contributed by atoms with Crippen LogP contribution in [0.3, 0.4) is 0 Å². The zero-order valence-corrected chi connectivity index (χ0v) is 26.5. The second-order valence-electron chi connectivity index (χ2n) is 12.3. The van der Waals surface area contributed by atoms with E-state index in [1.54, 1.807) is 16.2 Å². The Morgan fingerprint density at radius 3 is 2.39 bits per heavy atom. The number of aryl methyl sites for hydroxylation is 2. The highest BCUT2D eigenvalue weighted by Gasteiger charge is 2.34. The number of rotatable bonds is 7. The van der Waals surface area contributed by atoms with Crippen LogP contribution in [0.2, 0.25) is 0 Å². The van der Waals surface area contributed by atoms with Gasteiger partial charge in [-0.15, -0.1) is 11.3 Å². The number of thiophene rings is 1. The topological polar surface area (TPSA) is 104 Å². The van der Waals surface area contributed by atoms with Gasteiger partial charge in [-0.3, -0.25) is 9.59 Å². The summed E-state index contributed by atoms with van der Waals surface area (Å²) in [5.74, 6) is 0.00164. The van der Waals surface area contributed by atoms with Crippen molar-refractivity contribution in [2.75, 3.05) is 37.7 Å². The zero-order chi connectivity index (χ0) is 29.9. The molecule has 41 heavy (non-hydrogen) atoms. The van der Waals surface area contributed by atoms with Crippen LogP contribution in [0.4, 0.5) is 9.80 Å². The summed E-state index contributed by atoms with van der Waals surface area (Å²) in [5.41, 5.74) is 3.23. The summed E-state index contributed by atoms with van der Waals surface area (Å²) in [6.07, 6.45) is 3.17. The largest absolute Gasteiger partial charge is 0.444 e. The molecule has 10 heteroatoms. The fourth-order valence-electron chi connectivity index (χ4n) is 5.94. The predicted molar refractivity (Wildman–Crippen MR) is 163 cm³/mol. The minimum atomic E-state index is -0.537. The lowest BCUT2D eigenvalue weighted by Gasteiger charge is -2.35.